The molecule has 0 aliphatic heterocycles. The molecule has 1 aliphatic carbocycles. The maximum Gasteiger partial charge on any atom is 0.179 e. The Labute approximate surface area is 103 Å². The normalized spacial score (nSPS) is 15.6. The molecule has 0 bridgehead atoms. The average molecular weight is 231 g/mol. The van der Waals surface area contributed by atoms with Crippen LogP contribution < -0.4 is 5.32 Å². The topological polar surface area (TPSA) is 29.1 Å². The van der Waals surface area contributed by atoms with Crippen molar-refractivity contribution in [2.45, 2.75) is 45.6 Å². The highest BCUT2D eigenvalue weighted by Gasteiger charge is 2.17. The second kappa shape index (κ2) is 5.46. The summed E-state index contributed by atoms with van der Waals surface area (Å²) in [6, 6.07) is 6.13. The van der Waals surface area contributed by atoms with Crippen LogP contribution in [0.4, 0.5) is 0 Å². The van der Waals surface area contributed by atoms with E-state index in [9.17, 15) is 4.79 Å². The molecule has 17 heavy (non-hydrogen) atoms. The van der Waals surface area contributed by atoms with E-state index < -0.39 is 0 Å². The van der Waals surface area contributed by atoms with Crippen LogP contribution in [0.5, 0.6) is 0 Å². The van der Waals surface area contributed by atoms with Gasteiger partial charge in [-0.15, -0.1) is 0 Å². The van der Waals surface area contributed by atoms with Crippen LogP contribution in [0.15, 0.2) is 18.2 Å². The monoisotopic (exact) mass is 231 g/mol. The third-order valence-electron chi connectivity index (χ3n) is 3.48. The molecule has 2 rings (SSSR count). The summed E-state index contributed by atoms with van der Waals surface area (Å²) < 4.78 is 0. The number of carbonyl (C=O) groups is 1. The van der Waals surface area contributed by atoms with Crippen molar-refractivity contribution < 1.29 is 4.79 Å². The fourth-order valence-electron chi connectivity index (χ4n) is 2.43. The number of ketones is 1. The van der Waals surface area contributed by atoms with Gasteiger partial charge in [-0.3, -0.25) is 4.79 Å². The zero-order chi connectivity index (χ0) is 12.3. The summed E-state index contributed by atoms with van der Waals surface area (Å²) in [5.41, 5.74) is 3.66. The molecule has 1 unspecified atom stereocenters. The zero-order valence-corrected chi connectivity index (χ0v) is 10.8. The number of aryl methyl sites for hydroxylation is 2. The molecular formula is C15H21NO. The lowest BCUT2D eigenvalue weighted by Gasteiger charge is -2.12. The predicted molar refractivity (Wildman–Crippen MR) is 70.6 cm³/mol. The quantitative estimate of drug-likeness (QED) is 0.789. The molecule has 1 aromatic rings. The van der Waals surface area contributed by atoms with Crippen molar-refractivity contribution in [1.82, 2.24) is 5.32 Å². The Morgan fingerprint density at radius 1 is 1.35 bits per heavy atom. The van der Waals surface area contributed by atoms with E-state index in [1.54, 1.807) is 0 Å². The number of hydrogen-bond acceptors (Lipinski definition) is 2. The molecular weight excluding hydrogens is 210 g/mol. The minimum absolute atomic E-state index is 0.0746. The van der Waals surface area contributed by atoms with Gasteiger partial charge in [-0.2, -0.15) is 0 Å². The number of fused-ring (bicyclic) bond motifs is 1. The van der Waals surface area contributed by atoms with Gasteiger partial charge in [0.2, 0.25) is 0 Å². The summed E-state index contributed by atoms with van der Waals surface area (Å²) in [7, 11) is 0. The van der Waals surface area contributed by atoms with Gasteiger partial charge in [-0.05, 0) is 56.3 Å². The summed E-state index contributed by atoms with van der Waals surface area (Å²) in [5, 5.41) is 3.25. The molecule has 0 radical (unpaired) electrons. The Bertz CT molecular complexity index is 411. The molecule has 92 valence electrons. The smallest absolute Gasteiger partial charge is 0.179 e. The van der Waals surface area contributed by atoms with Crippen molar-refractivity contribution in [1.29, 1.82) is 0 Å². The molecule has 0 saturated carbocycles. The molecule has 1 aliphatic rings. The standard InChI is InChI=1S/C15H21NO/c1-3-9-16-11(2)15(17)14-8-7-12-5-4-6-13(12)10-14/h7-8,10-11,16H,3-6,9H2,1-2H3. The molecule has 1 atom stereocenters. The van der Waals surface area contributed by atoms with Gasteiger partial charge in [0.1, 0.15) is 0 Å². The lowest BCUT2D eigenvalue weighted by Crippen LogP contribution is -2.34. The van der Waals surface area contributed by atoms with Crippen molar-refractivity contribution in [3.63, 3.8) is 0 Å². The first kappa shape index (κ1) is 12.3. The van der Waals surface area contributed by atoms with Crippen LogP contribution in [-0.4, -0.2) is 18.4 Å². The van der Waals surface area contributed by atoms with Crippen LogP contribution in [-0.2, 0) is 12.8 Å². The molecule has 1 aromatic carbocycles. The van der Waals surface area contributed by atoms with Crippen molar-refractivity contribution in [3.8, 4) is 0 Å². The van der Waals surface area contributed by atoms with E-state index in [1.165, 1.54) is 24.0 Å². The maximum absolute atomic E-state index is 12.2. The number of benzene rings is 1. The fraction of sp³-hybridized carbons (Fsp3) is 0.533. The predicted octanol–water partition coefficient (Wildman–Crippen LogP) is 2.75. The van der Waals surface area contributed by atoms with Crippen molar-refractivity contribution in [2.75, 3.05) is 6.54 Å². The van der Waals surface area contributed by atoms with Gasteiger partial charge in [-0.1, -0.05) is 19.1 Å². The molecule has 0 saturated heterocycles. The second-order valence-electron chi connectivity index (χ2n) is 4.88. The SMILES string of the molecule is CCCNC(C)C(=O)c1ccc2c(c1)CCC2. The first-order valence-electron chi connectivity index (χ1n) is 6.61. The Kier molecular flexibility index (Phi) is 3.95. The highest BCUT2D eigenvalue weighted by atomic mass is 16.1. The summed E-state index contributed by atoms with van der Waals surface area (Å²) in [4.78, 5) is 12.2. The summed E-state index contributed by atoms with van der Waals surface area (Å²) in [6.07, 6.45) is 4.60. The molecule has 0 spiro atoms. The molecule has 0 heterocycles. The van der Waals surface area contributed by atoms with Gasteiger partial charge in [0, 0.05) is 5.56 Å². The highest BCUT2D eigenvalue weighted by Crippen LogP contribution is 2.23. The summed E-state index contributed by atoms with van der Waals surface area (Å²) in [5.74, 6) is 0.216. The van der Waals surface area contributed by atoms with E-state index in [2.05, 4.69) is 24.4 Å². The fourth-order valence-corrected chi connectivity index (χ4v) is 2.43. The lowest BCUT2D eigenvalue weighted by molar-refractivity contribution is 0.0951. The van der Waals surface area contributed by atoms with E-state index in [0.717, 1.165) is 24.9 Å². The third kappa shape index (κ3) is 2.75. The number of nitrogens with one attached hydrogen (secondary N) is 1. The van der Waals surface area contributed by atoms with Crippen molar-refractivity contribution >= 4 is 5.78 Å². The highest BCUT2D eigenvalue weighted by molar-refractivity contribution is 6.00. The van der Waals surface area contributed by atoms with Gasteiger partial charge in [-0.25, -0.2) is 0 Å². The van der Waals surface area contributed by atoms with Crippen LogP contribution in [0.25, 0.3) is 0 Å². The first-order chi connectivity index (χ1) is 8.22. The van der Waals surface area contributed by atoms with E-state index in [1.807, 2.05) is 13.0 Å². The van der Waals surface area contributed by atoms with Gasteiger partial charge >= 0.3 is 0 Å². The Morgan fingerprint density at radius 2 is 2.12 bits per heavy atom. The second-order valence-corrected chi connectivity index (χ2v) is 4.88. The van der Waals surface area contributed by atoms with Gasteiger partial charge < -0.3 is 5.32 Å². The Hall–Kier alpha value is -1.15. The van der Waals surface area contributed by atoms with Gasteiger partial charge in [0.05, 0.1) is 6.04 Å². The zero-order valence-electron chi connectivity index (χ0n) is 10.8. The largest absolute Gasteiger partial charge is 0.307 e. The van der Waals surface area contributed by atoms with Crippen LogP contribution in [0, 0.1) is 0 Å². The molecule has 2 nitrogen and oxygen atoms in total. The molecule has 2 heteroatoms. The Balaban J connectivity index is 2.09. The summed E-state index contributed by atoms with van der Waals surface area (Å²) in [6.45, 7) is 4.96. The molecule has 0 aromatic heterocycles. The Morgan fingerprint density at radius 3 is 2.88 bits per heavy atom. The minimum atomic E-state index is -0.0746. The van der Waals surface area contributed by atoms with E-state index >= 15 is 0 Å². The number of hydrogen-bond donors (Lipinski definition) is 1. The number of carbonyl (C=O) groups excluding carboxylic acids is 1. The van der Waals surface area contributed by atoms with E-state index in [4.69, 9.17) is 0 Å². The van der Waals surface area contributed by atoms with Crippen LogP contribution in [0.2, 0.25) is 0 Å². The van der Waals surface area contributed by atoms with Crippen LogP contribution in [0.1, 0.15) is 48.2 Å². The third-order valence-corrected chi connectivity index (χ3v) is 3.48. The van der Waals surface area contributed by atoms with Crippen molar-refractivity contribution in [3.05, 3.63) is 34.9 Å². The van der Waals surface area contributed by atoms with Gasteiger partial charge in [0.25, 0.3) is 0 Å². The maximum atomic E-state index is 12.2. The summed E-state index contributed by atoms with van der Waals surface area (Å²) >= 11 is 0. The first-order valence-corrected chi connectivity index (χ1v) is 6.61. The average Bonchev–Trinajstić information content (AvgIpc) is 2.81. The molecule has 0 amide bonds. The van der Waals surface area contributed by atoms with Crippen LogP contribution >= 0.6 is 0 Å². The number of rotatable bonds is 5. The number of Topliss-reactive ketones (excluding diaryl/α,β-unsaturated/α-hetero) is 1. The van der Waals surface area contributed by atoms with Crippen LogP contribution in [0.3, 0.4) is 0 Å². The van der Waals surface area contributed by atoms with E-state index in [0.29, 0.717) is 0 Å². The van der Waals surface area contributed by atoms with E-state index in [-0.39, 0.29) is 11.8 Å². The van der Waals surface area contributed by atoms with Crippen molar-refractivity contribution in [2.24, 2.45) is 0 Å². The molecule has 0 fully saturated rings. The lowest BCUT2D eigenvalue weighted by atomic mass is 10.0. The minimum Gasteiger partial charge on any atom is -0.307 e. The molecule has 1 N–H and O–H groups in total. The van der Waals surface area contributed by atoms with Gasteiger partial charge in [0.15, 0.2) is 5.78 Å².